The second-order valence-corrected chi connectivity index (χ2v) is 2.55. The highest BCUT2D eigenvalue weighted by Gasteiger charge is 2.04. The number of nitrogens with one attached hydrogen (secondary N) is 1. The topological polar surface area (TPSA) is 81.1 Å². The van der Waals surface area contributed by atoms with Crippen molar-refractivity contribution in [2.45, 2.75) is 0 Å². The minimum atomic E-state index is -0.322. The van der Waals surface area contributed by atoms with Gasteiger partial charge in [-0.2, -0.15) is 0 Å². The van der Waals surface area contributed by atoms with E-state index in [1.54, 1.807) is 6.07 Å². The molecule has 0 bridgehead atoms. The van der Waals surface area contributed by atoms with E-state index in [4.69, 9.17) is 11.5 Å². The van der Waals surface area contributed by atoms with E-state index in [9.17, 15) is 4.79 Å². The van der Waals surface area contributed by atoms with E-state index in [0.29, 0.717) is 16.9 Å². The third-order valence-electron chi connectivity index (χ3n) is 1.34. The fourth-order valence-electron chi connectivity index (χ4n) is 0.872. The number of benzene rings is 1. The van der Waals surface area contributed by atoms with Gasteiger partial charge in [-0.15, -0.1) is 0 Å². The van der Waals surface area contributed by atoms with Gasteiger partial charge in [-0.1, -0.05) is 12.8 Å². The average molecular weight is 183 g/mol. The maximum atomic E-state index is 11.0. The molecule has 64 valence electrons. The lowest BCUT2D eigenvalue weighted by molar-refractivity contribution is 0.0985. The molecule has 0 heterocycles. The summed E-state index contributed by atoms with van der Waals surface area (Å²) in [5.41, 5.74) is 12.3. The first kappa shape index (κ1) is 8.73. The molecule has 0 saturated carbocycles. The van der Waals surface area contributed by atoms with Crippen LogP contribution < -0.4 is 16.2 Å². The van der Waals surface area contributed by atoms with Crippen LogP contribution in [0.4, 0.5) is 11.4 Å². The van der Waals surface area contributed by atoms with E-state index in [2.05, 4.69) is 17.5 Å². The van der Waals surface area contributed by atoms with Crippen molar-refractivity contribution in [2.75, 3.05) is 11.5 Å². The molecular formula is C7H9N3OS. The summed E-state index contributed by atoms with van der Waals surface area (Å²) in [5, 5.41) is 0. The molecule has 0 aliphatic carbocycles. The minimum Gasteiger partial charge on any atom is -0.399 e. The van der Waals surface area contributed by atoms with Crippen LogP contribution in [0.3, 0.4) is 0 Å². The number of hydrogen-bond donors (Lipinski definition) is 4. The van der Waals surface area contributed by atoms with Crippen molar-refractivity contribution in [3.63, 3.8) is 0 Å². The predicted octanol–water partition coefficient (Wildman–Crippen LogP) is 0.426. The van der Waals surface area contributed by atoms with Gasteiger partial charge in [0.2, 0.25) is 0 Å². The zero-order valence-electron chi connectivity index (χ0n) is 6.24. The number of hydrogen-bond acceptors (Lipinski definition) is 4. The molecule has 1 rings (SSSR count). The first-order valence-corrected chi connectivity index (χ1v) is 3.68. The van der Waals surface area contributed by atoms with Gasteiger partial charge < -0.3 is 11.5 Å². The second-order valence-electron chi connectivity index (χ2n) is 2.33. The molecule has 0 unspecified atom stereocenters. The summed E-state index contributed by atoms with van der Waals surface area (Å²) in [6.07, 6.45) is 0. The van der Waals surface area contributed by atoms with Gasteiger partial charge >= 0.3 is 0 Å². The van der Waals surface area contributed by atoms with Gasteiger partial charge in [-0.05, 0) is 18.2 Å². The fraction of sp³-hybridized carbons (Fsp3) is 0. The van der Waals surface area contributed by atoms with Crippen molar-refractivity contribution in [3.8, 4) is 0 Å². The summed E-state index contributed by atoms with van der Waals surface area (Å²) in [4.78, 5) is 11.0. The van der Waals surface area contributed by atoms with E-state index in [1.165, 1.54) is 12.1 Å². The largest absolute Gasteiger partial charge is 0.399 e. The highest BCUT2D eigenvalue weighted by molar-refractivity contribution is 7.78. The Balaban J connectivity index is 3.08. The average Bonchev–Trinajstić information content (AvgIpc) is 2.01. The molecule has 12 heavy (non-hydrogen) atoms. The smallest absolute Gasteiger partial charge is 0.261 e. The molecular weight excluding hydrogens is 174 g/mol. The predicted molar refractivity (Wildman–Crippen MR) is 51.7 cm³/mol. The fourth-order valence-corrected chi connectivity index (χ4v) is 1.00. The Morgan fingerprint density at radius 3 is 2.17 bits per heavy atom. The number of anilines is 2. The molecule has 0 radical (unpaired) electrons. The van der Waals surface area contributed by atoms with Crippen LogP contribution >= 0.6 is 12.8 Å². The molecule has 0 fully saturated rings. The van der Waals surface area contributed by atoms with Gasteiger partial charge in [0.15, 0.2) is 0 Å². The van der Waals surface area contributed by atoms with Crippen LogP contribution in [0.15, 0.2) is 18.2 Å². The molecule has 1 amide bonds. The van der Waals surface area contributed by atoms with Gasteiger partial charge in [0.25, 0.3) is 5.91 Å². The Bertz CT molecular complexity index is 293. The highest BCUT2D eigenvalue weighted by atomic mass is 32.1. The summed E-state index contributed by atoms with van der Waals surface area (Å²) in [6.45, 7) is 0. The Hall–Kier alpha value is -1.36. The maximum absolute atomic E-state index is 11.0. The molecule has 5 N–H and O–H groups in total. The van der Waals surface area contributed by atoms with Crippen molar-refractivity contribution < 1.29 is 4.79 Å². The van der Waals surface area contributed by atoms with Crippen molar-refractivity contribution >= 4 is 30.1 Å². The van der Waals surface area contributed by atoms with Gasteiger partial charge in [-0.25, -0.2) is 0 Å². The van der Waals surface area contributed by atoms with Crippen molar-refractivity contribution in [1.82, 2.24) is 4.72 Å². The van der Waals surface area contributed by atoms with Crippen LogP contribution in [0, 0.1) is 0 Å². The molecule has 1 aromatic rings. The third kappa shape index (κ3) is 1.82. The minimum absolute atomic E-state index is 0.322. The SMILES string of the molecule is Nc1cc(N)cc(C(=O)NS)c1. The quantitative estimate of drug-likeness (QED) is 0.376. The summed E-state index contributed by atoms with van der Waals surface area (Å²) < 4.78 is 2.18. The zero-order chi connectivity index (χ0) is 9.14. The third-order valence-corrected chi connectivity index (χ3v) is 1.54. The standard InChI is InChI=1S/C7H9N3OS/c8-5-1-4(7(11)10-12)2-6(9)3-5/h1-3,12H,8-9H2,(H,10,11). The van der Waals surface area contributed by atoms with Gasteiger partial charge in [0.05, 0.1) is 0 Å². The first-order chi connectivity index (χ1) is 5.63. The lowest BCUT2D eigenvalue weighted by Gasteiger charge is -2.01. The summed E-state index contributed by atoms with van der Waals surface area (Å²) in [6, 6.07) is 4.64. The van der Waals surface area contributed by atoms with Gasteiger partial charge in [0, 0.05) is 16.9 Å². The number of rotatable bonds is 1. The maximum Gasteiger partial charge on any atom is 0.261 e. The number of carbonyl (C=O) groups excluding carboxylic acids is 1. The molecule has 0 aliphatic rings. The number of carbonyl (C=O) groups is 1. The van der Waals surface area contributed by atoms with Crippen LogP contribution in [0.25, 0.3) is 0 Å². The van der Waals surface area contributed by atoms with Crippen LogP contribution in [-0.4, -0.2) is 5.91 Å². The Labute approximate surface area is 75.5 Å². The molecule has 0 atom stereocenters. The highest BCUT2D eigenvalue weighted by Crippen LogP contribution is 2.13. The van der Waals surface area contributed by atoms with Crippen molar-refractivity contribution in [3.05, 3.63) is 23.8 Å². The van der Waals surface area contributed by atoms with E-state index in [1.807, 2.05) is 0 Å². The Morgan fingerprint density at radius 2 is 1.75 bits per heavy atom. The van der Waals surface area contributed by atoms with E-state index in [0.717, 1.165) is 0 Å². The Kier molecular flexibility index (Phi) is 2.44. The number of thiol groups is 1. The zero-order valence-corrected chi connectivity index (χ0v) is 7.14. The lowest BCUT2D eigenvalue weighted by atomic mass is 10.2. The lowest BCUT2D eigenvalue weighted by Crippen LogP contribution is -2.13. The van der Waals surface area contributed by atoms with Crippen LogP contribution in [0.1, 0.15) is 10.4 Å². The monoisotopic (exact) mass is 183 g/mol. The normalized spacial score (nSPS) is 9.42. The van der Waals surface area contributed by atoms with E-state index >= 15 is 0 Å². The van der Waals surface area contributed by atoms with E-state index < -0.39 is 0 Å². The van der Waals surface area contributed by atoms with E-state index in [-0.39, 0.29) is 5.91 Å². The van der Waals surface area contributed by atoms with Gasteiger partial charge in [0.1, 0.15) is 0 Å². The van der Waals surface area contributed by atoms with Crippen LogP contribution in [0.2, 0.25) is 0 Å². The molecule has 0 aliphatic heterocycles. The summed E-state index contributed by atoms with van der Waals surface area (Å²) >= 11 is 3.61. The molecule has 1 aromatic carbocycles. The number of nitrogen functional groups attached to an aromatic ring is 2. The number of amides is 1. The van der Waals surface area contributed by atoms with Crippen LogP contribution in [0.5, 0.6) is 0 Å². The van der Waals surface area contributed by atoms with Crippen molar-refractivity contribution in [2.24, 2.45) is 0 Å². The van der Waals surface area contributed by atoms with Gasteiger partial charge in [-0.3, -0.25) is 9.52 Å². The number of nitrogens with two attached hydrogens (primary N) is 2. The second kappa shape index (κ2) is 3.36. The Morgan fingerprint density at radius 1 is 1.25 bits per heavy atom. The molecule has 4 nitrogen and oxygen atoms in total. The molecule has 0 aromatic heterocycles. The first-order valence-electron chi connectivity index (χ1n) is 3.24. The molecule has 0 saturated heterocycles. The molecule has 0 spiro atoms. The summed E-state index contributed by atoms with van der Waals surface area (Å²) in [5.74, 6) is -0.322. The van der Waals surface area contributed by atoms with Crippen LogP contribution in [-0.2, 0) is 0 Å². The summed E-state index contributed by atoms with van der Waals surface area (Å²) in [7, 11) is 0. The molecule has 5 heteroatoms. The van der Waals surface area contributed by atoms with Crippen molar-refractivity contribution in [1.29, 1.82) is 0 Å².